The van der Waals surface area contributed by atoms with Gasteiger partial charge in [0.05, 0.1) is 11.1 Å². The van der Waals surface area contributed by atoms with Crippen LogP contribution in [0.25, 0.3) is 5.57 Å². The molecular weight excluding hydrogens is 609 g/mol. The molecule has 0 aliphatic rings. The summed E-state index contributed by atoms with van der Waals surface area (Å²) in [5.41, 5.74) is -4.89. The smallest absolute Gasteiger partial charge is 0.429 e. The molecule has 12 heteroatoms. The Hall–Kier alpha value is -4.53. The number of hydrogen-bond acceptors (Lipinski definition) is 1. The number of halogens is 11. The molecule has 0 aliphatic heterocycles. The predicted octanol–water partition coefficient (Wildman–Crippen LogP) is 10.5. The highest BCUT2D eigenvalue weighted by molar-refractivity contribution is 5.80. The van der Waals surface area contributed by atoms with Crippen LogP contribution < -0.4 is 4.74 Å². The van der Waals surface area contributed by atoms with Gasteiger partial charge < -0.3 is 4.74 Å². The fraction of sp³-hybridized carbons (Fsp3) is 0.188. The van der Waals surface area contributed by atoms with Gasteiger partial charge in [-0.05, 0) is 49.2 Å². The molecule has 0 spiro atoms. The van der Waals surface area contributed by atoms with Crippen molar-refractivity contribution in [1.29, 1.82) is 0 Å². The van der Waals surface area contributed by atoms with Gasteiger partial charge in [0.2, 0.25) is 0 Å². The van der Waals surface area contributed by atoms with Gasteiger partial charge in [0.25, 0.3) is 0 Å². The summed E-state index contributed by atoms with van der Waals surface area (Å²) in [6.07, 6.45) is 0.448. The molecule has 0 bridgehead atoms. The van der Waals surface area contributed by atoms with Crippen molar-refractivity contribution in [3.05, 3.63) is 129 Å². The normalized spacial score (nSPS) is 12.7. The van der Waals surface area contributed by atoms with E-state index in [-0.39, 0.29) is 24.3 Å². The Morgan fingerprint density at radius 3 is 1.89 bits per heavy atom. The molecule has 0 aliphatic carbocycles. The Labute approximate surface area is 245 Å². The SMILES string of the molecule is C\C=C(F)/C(=C(F)\C=C\CCCC)c1cc(F)c(C#Cc2cc(F)c(C(F)(F)Oc3cc(F)c(F)c(F)c3)c(F)c2)c(F)c1. The Balaban J connectivity index is 1.96. The molecule has 0 amide bonds. The molecule has 1 nitrogen and oxygen atoms in total. The first kappa shape index (κ1) is 34.0. The molecule has 0 saturated heterocycles. The largest absolute Gasteiger partial charge is 0.432 e. The van der Waals surface area contributed by atoms with E-state index in [1.807, 2.05) is 18.8 Å². The minimum absolute atomic E-state index is 0.0285. The number of ether oxygens (including phenoxy) is 1. The first-order chi connectivity index (χ1) is 20.7. The Bertz CT molecular complexity index is 1640. The summed E-state index contributed by atoms with van der Waals surface area (Å²) < 4.78 is 161. The maximum absolute atomic E-state index is 14.8. The maximum Gasteiger partial charge on any atom is 0.432 e. The Morgan fingerprint density at radius 1 is 0.795 bits per heavy atom. The first-order valence-corrected chi connectivity index (χ1v) is 12.8. The average Bonchev–Trinajstić information content (AvgIpc) is 2.92. The third-order valence-corrected chi connectivity index (χ3v) is 5.92. The second kappa shape index (κ2) is 14.3. The van der Waals surface area contributed by atoms with Crippen molar-refractivity contribution in [1.82, 2.24) is 0 Å². The summed E-state index contributed by atoms with van der Waals surface area (Å²) in [5.74, 6) is -12.1. The van der Waals surface area contributed by atoms with Crippen molar-refractivity contribution in [2.75, 3.05) is 0 Å². The zero-order chi connectivity index (χ0) is 32.8. The lowest BCUT2D eigenvalue weighted by Crippen LogP contribution is -2.25. The molecular formula is C32H21F11O. The predicted molar refractivity (Wildman–Crippen MR) is 141 cm³/mol. The second-order valence-electron chi connectivity index (χ2n) is 9.10. The summed E-state index contributed by atoms with van der Waals surface area (Å²) in [4.78, 5) is 0. The van der Waals surface area contributed by atoms with Crippen LogP contribution in [0.4, 0.5) is 48.3 Å². The number of alkyl halides is 2. The monoisotopic (exact) mass is 630 g/mol. The second-order valence-corrected chi connectivity index (χ2v) is 9.10. The molecule has 0 atom stereocenters. The number of hydrogen-bond donors (Lipinski definition) is 0. The Kier molecular flexibility index (Phi) is 11.0. The fourth-order valence-electron chi connectivity index (χ4n) is 3.81. The van der Waals surface area contributed by atoms with Crippen molar-refractivity contribution < 1.29 is 53.0 Å². The highest BCUT2D eigenvalue weighted by Gasteiger charge is 2.41. The van der Waals surface area contributed by atoms with Crippen LogP contribution in [-0.2, 0) is 6.11 Å². The van der Waals surface area contributed by atoms with E-state index in [0.717, 1.165) is 25.0 Å². The Morgan fingerprint density at radius 2 is 1.36 bits per heavy atom. The van der Waals surface area contributed by atoms with Gasteiger partial charge in [0.1, 0.15) is 46.2 Å². The number of benzene rings is 3. The molecule has 0 fully saturated rings. The lowest BCUT2D eigenvalue weighted by molar-refractivity contribution is -0.189. The van der Waals surface area contributed by atoms with Gasteiger partial charge >= 0.3 is 6.11 Å². The number of allylic oxidation sites excluding steroid dienone is 6. The van der Waals surface area contributed by atoms with Crippen LogP contribution in [0.3, 0.4) is 0 Å². The molecule has 0 heterocycles. The van der Waals surface area contributed by atoms with Crippen LogP contribution in [0.5, 0.6) is 5.75 Å². The minimum atomic E-state index is -4.86. The highest BCUT2D eigenvalue weighted by atomic mass is 19.3. The fourth-order valence-corrected chi connectivity index (χ4v) is 3.81. The van der Waals surface area contributed by atoms with Gasteiger partial charge in [-0.3, -0.25) is 0 Å². The van der Waals surface area contributed by atoms with E-state index >= 15 is 0 Å². The van der Waals surface area contributed by atoms with E-state index < -0.39 is 92.1 Å². The first-order valence-electron chi connectivity index (χ1n) is 12.8. The van der Waals surface area contributed by atoms with E-state index in [4.69, 9.17) is 0 Å². The van der Waals surface area contributed by atoms with Crippen molar-refractivity contribution in [3.63, 3.8) is 0 Å². The molecule has 0 saturated carbocycles. The summed E-state index contributed by atoms with van der Waals surface area (Å²) in [7, 11) is 0. The molecule has 3 rings (SSSR count). The van der Waals surface area contributed by atoms with Crippen LogP contribution in [0, 0.1) is 52.6 Å². The molecule has 44 heavy (non-hydrogen) atoms. The van der Waals surface area contributed by atoms with Gasteiger partial charge in [0, 0.05) is 17.7 Å². The van der Waals surface area contributed by atoms with Crippen molar-refractivity contribution in [2.24, 2.45) is 0 Å². The number of unbranched alkanes of at least 4 members (excludes halogenated alkanes) is 2. The van der Waals surface area contributed by atoms with E-state index in [2.05, 4.69) is 4.74 Å². The topological polar surface area (TPSA) is 9.23 Å². The third kappa shape index (κ3) is 7.89. The van der Waals surface area contributed by atoms with Crippen LogP contribution >= 0.6 is 0 Å². The summed E-state index contributed by atoms with van der Waals surface area (Å²) in [5, 5.41) is 0. The lowest BCUT2D eigenvalue weighted by Gasteiger charge is -2.19. The van der Waals surface area contributed by atoms with E-state index in [1.165, 1.54) is 13.0 Å². The molecule has 232 valence electrons. The molecule has 0 aromatic heterocycles. The van der Waals surface area contributed by atoms with Crippen LogP contribution in [-0.4, -0.2) is 0 Å². The van der Waals surface area contributed by atoms with E-state index in [1.54, 1.807) is 0 Å². The van der Waals surface area contributed by atoms with Gasteiger partial charge in [-0.1, -0.05) is 43.8 Å². The maximum atomic E-state index is 14.8. The van der Waals surface area contributed by atoms with Gasteiger partial charge in [-0.2, -0.15) is 8.78 Å². The lowest BCUT2D eigenvalue weighted by atomic mass is 10.00. The minimum Gasteiger partial charge on any atom is -0.429 e. The van der Waals surface area contributed by atoms with Crippen molar-refractivity contribution in [2.45, 2.75) is 39.2 Å². The zero-order valence-electron chi connectivity index (χ0n) is 22.9. The van der Waals surface area contributed by atoms with Crippen LogP contribution in [0.2, 0.25) is 0 Å². The van der Waals surface area contributed by atoms with Crippen molar-refractivity contribution >= 4 is 5.57 Å². The zero-order valence-corrected chi connectivity index (χ0v) is 22.9. The standard InChI is InChI=1S/C32H21F11O/c1-3-5-6-7-8-22(34)29(21(33)4-2)18-13-23(35)20(24(36)14-18)10-9-17-11-25(37)30(26(38)12-17)32(42,43)44-19-15-27(39)31(41)28(40)16-19/h4,7-8,11-16H,3,5-6H2,1-2H3/b8-7+,21-4+,29-22+. The molecule has 0 N–H and O–H groups in total. The van der Waals surface area contributed by atoms with Crippen LogP contribution in [0.1, 0.15) is 55.4 Å². The molecule has 3 aromatic rings. The highest BCUT2D eigenvalue weighted by Crippen LogP contribution is 2.36. The molecule has 0 radical (unpaired) electrons. The third-order valence-electron chi connectivity index (χ3n) is 5.92. The van der Waals surface area contributed by atoms with Gasteiger partial charge in [-0.25, -0.2) is 39.5 Å². The van der Waals surface area contributed by atoms with Gasteiger partial charge in [-0.15, -0.1) is 0 Å². The van der Waals surface area contributed by atoms with Crippen LogP contribution in [0.15, 0.2) is 66.3 Å². The number of rotatable bonds is 9. The van der Waals surface area contributed by atoms with Crippen molar-refractivity contribution in [3.8, 4) is 17.6 Å². The molecule has 0 unspecified atom stereocenters. The summed E-state index contributed by atoms with van der Waals surface area (Å²) in [6.45, 7) is 3.15. The molecule has 3 aromatic carbocycles. The van der Waals surface area contributed by atoms with E-state index in [9.17, 15) is 48.3 Å². The summed E-state index contributed by atoms with van der Waals surface area (Å²) >= 11 is 0. The average molecular weight is 630 g/mol. The van der Waals surface area contributed by atoms with E-state index in [0.29, 0.717) is 18.6 Å². The summed E-state index contributed by atoms with van der Waals surface area (Å²) in [6, 6.07) is 1.77. The quantitative estimate of drug-likeness (QED) is 0.0752. The van der Waals surface area contributed by atoms with Gasteiger partial charge in [0.15, 0.2) is 17.5 Å².